The van der Waals surface area contributed by atoms with E-state index in [1.807, 2.05) is 48.2 Å². The van der Waals surface area contributed by atoms with Crippen LogP contribution in [0.1, 0.15) is 44.4 Å². The van der Waals surface area contributed by atoms with Crippen LogP contribution in [0, 0.1) is 6.92 Å². The molecule has 9 heteroatoms. The molecule has 0 unspecified atom stereocenters. The van der Waals surface area contributed by atoms with Gasteiger partial charge in [-0.25, -0.2) is 0 Å². The highest BCUT2D eigenvalue weighted by Crippen LogP contribution is 2.38. The van der Waals surface area contributed by atoms with Crippen LogP contribution >= 0.6 is 0 Å². The number of aryl methyl sites for hydroxylation is 1. The van der Waals surface area contributed by atoms with Gasteiger partial charge in [0.05, 0.1) is 12.8 Å². The molecule has 3 aromatic rings. The Morgan fingerprint density at radius 1 is 1.10 bits per heavy atom. The number of methoxy groups -OCH3 is 1. The number of aromatic nitrogens is 1. The summed E-state index contributed by atoms with van der Waals surface area (Å²) in [6.45, 7) is 7.36. The average molecular weight is 558 g/mol. The van der Waals surface area contributed by atoms with Crippen molar-refractivity contribution >= 4 is 40.2 Å². The predicted octanol–water partition coefficient (Wildman–Crippen LogP) is 4.61. The van der Waals surface area contributed by atoms with Crippen molar-refractivity contribution in [1.82, 2.24) is 14.8 Å². The number of amides is 2. The molecule has 4 rings (SSSR count). The number of anilines is 1. The zero-order valence-corrected chi connectivity index (χ0v) is 24.8. The lowest BCUT2D eigenvalue weighted by Gasteiger charge is -2.22. The maximum Gasteiger partial charge on any atom is 0.259 e. The van der Waals surface area contributed by atoms with E-state index in [1.165, 1.54) is 4.57 Å². The molecule has 0 saturated carbocycles. The quantitative estimate of drug-likeness (QED) is 0.400. The third kappa shape index (κ3) is 6.19. The van der Waals surface area contributed by atoms with Crippen molar-refractivity contribution in [1.29, 1.82) is 0 Å². The number of amidine groups is 1. The molecule has 0 fully saturated rings. The number of pyridine rings is 1. The summed E-state index contributed by atoms with van der Waals surface area (Å²) in [5.41, 5.74) is 4.54. The van der Waals surface area contributed by atoms with Crippen LogP contribution in [0.3, 0.4) is 0 Å². The van der Waals surface area contributed by atoms with Crippen molar-refractivity contribution in [2.45, 2.75) is 46.6 Å². The molecule has 2 N–H and O–H groups in total. The summed E-state index contributed by atoms with van der Waals surface area (Å²) >= 11 is 0. The number of rotatable bonds is 9. The summed E-state index contributed by atoms with van der Waals surface area (Å²) in [5.74, 6) is 1.11. The highest BCUT2D eigenvalue weighted by atomic mass is 16.5. The van der Waals surface area contributed by atoms with E-state index in [-0.39, 0.29) is 23.9 Å². The van der Waals surface area contributed by atoms with Crippen LogP contribution in [0.5, 0.6) is 5.75 Å². The number of nitrogens with one attached hydrogen (secondary N) is 2. The van der Waals surface area contributed by atoms with Gasteiger partial charge in [0.15, 0.2) is 0 Å². The minimum atomic E-state index is -0.229. The van der Waals surface area contributed by atoms with E-state index in [0.29, 0.717) is 47.7 Å². The van der Waals surface area contributed by atoms with Crippen molar-refractivity contribution in [2.24, 2.45) is 4.99 Å². The molecule has 9 nitrogen and oxygen atoms in total. The van der Waals surface area contributed by atoms with Gasteiger partial charge in [-0.2, -0.15) is 0 Å². The van der Waals surface area contributed by atoms with Crippen LogP contribution in [0.25, 0.3) is 28.0 Å². The van der Waals surface area contributed by atoms with Gasteiger partial charge in [0.25, 0.3) is 5.56 Å². The van der Waals surface area contributed by atoms with Gasteiger partial charge in [-0.3, -0.25) is 19.4 Å². The molecule has 2 amide bonds. The first-order valence-corrected chi connectivity index (χ1v) is 14.0. The van der Waals surface area contributed by atoms with Gasteiger partial charge < -0.3 is 24.8 Å². The van der Waals surface area contributed by atoms with Crippen LogP contribution in [-0.2, 0) is 16.1 Å². The Hall–Kier alpha value is -4.40. The number of hydrogen-bond donors (Lipinski definition) is 2. The van der Waals surface area contributed by atoms with E-state index in [2.05, 4.69) is 29.5 Å². The summed E-state index contributed by atoms with van der Waals surface area (Å²) in [7, 11) is 4.89. The summed E-state index contributed by atoms with van der Waals surface area (Å²) in [6, 6.07) is 11.5. The van der Waals surface area contributed by atoms with Gasteiger partial charge >= 0.3 is 0 Å². The normalized spacial score (nSPS) is 13.7. The zero-order valence-electron chi connectivity index (χ0n) is 24.8. The number of fused-ring (bicyclic) bond motifs is 2. The molecule has 2 heterocycles. The highest BCUT2D eigenvalue weighted by molar-refractivity contribution is 6.11. The Morgan fingerprint density at radius 3 is 2.46 bits per heavy atom. The van der Waals surface area contributed by atoms with Crippen LogP contribution in [-0.4, -0.2) is 61.4 Å². The van der Waals surface area contributed by atoms with E-state index in [4.69, 9.17) is 4.74 Å². The first-order valence-electron chi connectivity index (χ1n) is 14.0. The van der Waals surface area contributed by atoms with Gasteiger partial charge in [0.2, 0.25) is 11.8 Å². The zero-order chi connectivity index (χ0) is 29.7. The maximum absolute atomic E-state index is 13.6. The molecule has 0 aliphatic carbocycles. The molecule has 0 radical (unpaired) electrons. The van der Waals surface area contributed by atoms with Crippen LogP contribution in [0.2, 0.25) is 0 Å². The fraction of sp³-hybridized carbons (Fsp3) is 0.375. The molecule has 1 aliphatic heterocycles. The molecule has 0 saturated heterocycles. The summed E-state index contributed by atoms with van der Waals surface area (Å²) in [6.07, 6.45) is 4.09. The molecular weight excluding hydrogens is 518 g/mol. The van der Waals surface area contributed by atoms with Crippen LogP contribution in [0.4, 0.5) is 5.69 Å². The van der Waals surface area contributed by atoms with Gasteiger partial charge in [0.1, 0.15) is 18.1 Å². The molecule has 1 aliphatic rings. The Labute approximate surface area is 240 Å². The predicted molar refractivity (Wildman–Crippen MR) is 166 cm³/mol. The summed E-state index contributed by atoms with van der Waals surface area (Å²) in [4.78, 5) is 45.0. The molecular formula is C32H39N5O4. The molecule has 0 spiro atoms. The van der Waals surface area contributed by atoms with Crippen molar-refractivity contribution in [3.63, 3.8) is 0 Å². The van der Waals surface area contributed by atoms with E-state index in [1.54, 1.807) is 27.3 Å². The van der Waals surface area contributed by atoms with E-state index < -0.39 is 0 Å². The minimum Gasteiger partial charge on any atom is -0.496 e. The first kappa shape index (κ1) is 29.6. The largest absolute Gasteiger partial charge is 0.496 e. The SMILES string of the molecule is CCCN(CCC)C(=O)C1=Cc2c(cc(-c3ccc4c(=O)n(CC(=O)NC)c(C)cc4c3)cc2OC)NC(=NC)C1. The minimum absolute atomic E-state index is 0.0163. The van der Waals surface area contributed by atoms with E-state index >= 15 is 0 Å². The molecule has 216 valence electrons. The topological polar surface area (TPSA) is 105 Å². The number of benzene rings is 2. The van der Waals surface area contributed by atoms with Gasteiger partial charge in [-0.15, -0.1) is 0 Å². The van der Waals surface area contributed by atoms with Crippen LogP contribution < -0.4 is 20.9 Å². The number of ether oxygens (including phenoxy) is 1. The molecule has 41 heavy (non-hydrogen) atoms. The van der Waals surface area contributed by atoms with Gasteiger partial charge in [0, 0.05) is 55.8 Å². The Balaban J connectivity index is 1.81. The van der Waals surface area contributed by atoms with E-state index in [0.717, 1.165) is 40.6 Å². The number of carbonyl (C=O) groups excluding carboxylic acids is 2. The number of carbonyl (C=O) groups is 2. The van der Waals surface area contributed by atoms with Crippen molar-refractivity contribution < 1.29 is 14.3 Å². The molecule has 2 aromatic carbocycles. The smallest absolute Gasteiger partial charge is 0.259 e. The van der Waals surface area contributed by atoms with Crippen molar-refractivity contribution in [3.8, 4) is 16.9 Å². The standard InChI is InChI=1S/C32H39N5O4/c1-7-11-36(12-8-2)31(39)24-15-26-27(35-29(18-24)33-4)16-22(17-28(26)41-6)21-9-10-25-23(14-21)13-20(3)37(32(25)40)19-30(38)34-5/h9-10,13-17H,7-8,11-12,18-19H2,1-6H3,(H,33,35)(H,34,38). The lowest BCUT2D eigenvalue weighted by atomic mass is 9.98. The van der Waals surface area contributed by atoms with E-state index in [9.17, 15) is 14.4 Å². The monoisotopic (exact) mass is 557 g/mol. The Morgan fingerprint density at radius 2 is 1.83 bits per heavy atom. The Kier molecular flexibility index (Phi) is 9.27. The maximum atomic E-state index is 13.6. The first-order chi connectivity index (χ1) is 19.7. The third-order valence-electron chi connectivity index (χ3n) is 7.37. The number of aliphatic imine (C=N–C) groups is 1. The summed E-state index contributed by atoms with van der Waals surface area (Å²) in [5, 5.41) is 7.32. The number of hydrogen-bond acceptors (Lipinski definition) is 5. The van der Waals surface area contributed by atoms with Crippen molar-refractivity contribution in [3.05, 3.63) is 63.6 Å². The lowest BCUT2D eigenvalue weighted by molar-refractivity contribution is -0.127. The van der Waals surface area contributed by atoms with Gasteiger partial charge in [-0.05, 0) is 72.7 Å². The van der Waals surface area contributed by atoms with Crippen LogP contribution in [0.15, 0.2) is 51.8 Å². The Bertz CT molecular complexity index is 1600. The molecule has 0 bridgehead atoms. The molecule has 1 aromatic heterocycles. The lowest BCUT2D eigenvalue weighted by Crippen LogP contribution is -2.34. The number of likely N-dealkylation sites (N-methyl/N-ethyl adjacent to an activating group) is 1. The second-order valence-electron chi connectivity index (χ2n) is 10.2. The second kappa shape index (κ2) is 12.8. The number of nitrogens with zero attached hydrogens (tertiary/aromatic N) is 3. The summed E-state index contributed by atoms with van der Waals surface area (Å²) < 4.78 is 7.31. The average Bonchev–Trinajstić information content (AvgIpc) is 3.17. The fourth-order valence-corrected chi connectivity index (χ4v) is 5.23. The van der Waals surface area contributed by atoms with Gasteiger partial charge in [-0.1, -0.05) is 19.9 Å². The fourth-order valence-electron chi connectivity index (χ4n) is 5.23. The van der Waals surface area contributed by atoms with Crippen molar-refractivity contribution in [2.75, 3.05) is 39.6 Å². The molecule has 0 atom stereocenters. The second-order valence-corrected chi connectivity index (χ2v) is 10.2. The third-order valence-corrected chi connectivity index (χ3v) is 7.37. The highest BCUT2D eigenvalue weighted by Gasteiger charge is 2.24.